The summed E-state index contributed by atoms with van der Waals surface area (Å²) in [6.07, 6.45) is -0.306. The lowest BCUT2D eigenvalue weighted by Crippen LogP contribution is -2.14. The van der Waals surface area contributed by atoms with Gasteiger partial charge in [-0.25, -0.2) is 0 Å². The third kappa shape index (κ3) is 4.09. The number of ketones is 1. The molecule has 23 heavy (non-hydrogen) atoms. The van der Waals surface area contributed by atoms with Crippen LogP contribution < -0.4 is 10.1 Å². The summed E-state index contributed by atoms with van der Waals surface area (Å²) in [5, 5.41) is 11.5. The number of benzene rings is 2. The molecule has 5 nitrogen and oxygen atoms in total. The lowest BCUT2D eigenvalue weighted by Gasteiger charge is -2.11. The van der Waals surface area contributed by atoms with E-state index in [2.05, 4.69) is 5.32 Å². The number of nitrogens with one attached hydrogen (secondary N) is 1. The van der Waals surface area contributed by atoms with Crippen molar-refractivity contribution >= 4 is 29.0 Å². The molecule has 116 valence electrons. The molecule has 0 spiro atoms. The van der Waals surface area contributed by atoms with Gasteiger partial charge in [0.25, 0.3) is 0 Å². The highest BCUT2D eigenvalue weighted by Crippen LogP contribution is 2.25. The van der Waals surface area contributed by atoms with E-state index in [1.165, 1.54) is 19.2 Å². The molecule has 0 aliphatic heterocycles. The molecule has 0 aliphatic carbocycles. The lowest BCUT2D eigenvalue weighted by atomic mass is 10.0. The number of hydrogen-bond acceptors (Lipinski definition) is 4. The van der Waals surface area contributed by atoms with Crippen molar-refractivity contribution in [3.63, 3.8) is 0 Å². The molecule has 0 aromatic heterocycles. The van der Waals surface area contributed by atoms with Crippen LogP contribution >= 0.6 is 11.6 Å². The van der Waals surface area contributed by atoms with Crippen molar-refractivity contribution < 1.29 is 14.3 Å². The highest BCUT2D eigenvalue weighted by molar-refractivity contribution is 6.31. The van der Waals surface area contributed by atoms with Crippen LogP contribution in [0.5, 0.6) is 5.75 Å². The highest BCUT2D eigenvalue weighted by atomic mass is 35.5. The monoisotopic (exact) mass is 328 g/mol. The molecule has 0 fully saturated rings. The first-order valence-electron chi connectivity index (χ1n) is 6.70. The molecule has 2 aromatic carbocycles. The molecule has 1 N–H and O–H groups in total. The van der Waals surface area contributed by atoms with Gasteiger partial charge in [-0.2, -0.15) is 5.26 Å². The van der Waals surface area contributed by atoms with Gasteiger partial charge in [0.2, 0.25) is 5.91 Å². The maximum absolute atomic E-state index is 12.7. The first kappa shape index (κ1) is 16.5. The van der Waals surface area contributed by atoms with Gasteiger partial charge in [0.15, 0.2) is 5.78 Å². The summed E-state index contributed by atoms with van der Waals surface area (Å²) < 4.78 is 5.11. The van der Waals surface area contributed by atoms with Gasteiger partial charge in [0.1, 0.15) is 12.2 Å². The van der Waals surface area contributed by atoms with Crippen LogP contribution in [0.3, 0.4) is 0 Å². The van der Waals surface area contributed by atoms with Crippen LogP contribution in [0.4, 0.5) is 5.69 Å². The zero-order valence-electron chi connectivity index (χ0n) is 12.3. The van der Waals surface area contributed by atoms with Crippen molar-refractivity contribution in [2.24, 2.45) is 0 Å². The Morgan fingerprint density at radius 2 is 2.04 bits per heavy atom. The maximum Gasteiger partial charge on any atom is 0.238 e. The molecule has 6 heteroatoms. The summed E-state index contributed by atoms with van der Waals surface area (Å²) >= 11 is 5.93. The number of nitriles is 1. The van der Waals surface area contributed by atoms with E-state index in [1.54, 1.807) is 36.4 Å². The van der Waals surface area contributed by atoms with E-state index in [4.69, 9.17) is 21.6 Å². The topological polar surface area (TPSA) is 79.2 Å². The number of carbonyl (C=O) groups excluding carboxylic acids is 2. The fraction of sp³-hybridized carbons (Fsp3) is 0.118. The average molecular weight is 329 g/mol. The van der Waals surface area contributed by atoms with Gasteiger partial charge in [-0.3, -0.25) is 9.59 Å². The minimum Gasteiger partial charge on any atom is -0.497 e. The van der Waals surface area contributed by atoms with Crippen LogP contribution in [-0.2, 0) is 4.79 Å². The minimum atomic E-state index is -0.505. The van der Waals surface area contributed by atoms with E-state index in [1.807, 2.05) is 0 Å². The Kier molecular flexibility index (Phi) is 5.34. The first-order valence-corrected chi connectivity index (χ1v) is 7.08. The highest BCUT2D eigenvalue weighted by Gasteiger charge is 2.16. The van der Waals surface area contributed by atoms with Crippen molar-refractivity contribution in [1.29, 1.82) is 5.26 Å². The summed E-state index contributed by atoms with van der Waals surface area (Å²) in [4.78, 5) is 24.3. The molecule has 0 heterocycles. The lowest BCUT2D eigenvalue weighted by molar-refractivity contribution is -0.115. The number of halogens is 1. The second kappa shape index (κ2) is 7.43. The zero-order chi connectivity index (χ0) is 16.8. The van der Waals surface area contributed by atoms with E-state index in [9.17, 15) is 9.59 Å². The summed E-state index contributed by atoms with van der Waals surface area (Å²) in [6, 6.07) is 13.0. The smallest absolute Gasteiger partial charge is 0.238 e. The number of hydrogen-bond donors (Lipinski definition) is 1. The molecule has 1 amide bonds. The summed E-state index contributed by atoms with van der Waals surface area (Å²) in [5.41, 5.74) is 0.974. The van der Waals surface area contributed by atoms with E-state index >= 15 is 0 Å². The molecular formula is C17H13ClN2O3. The molecule has 0 saturated heterocycles. The first-order chi connectivity index (χ1) is 11.0. The van der Waals surface area contributed by atoms with Gasteiger partial charge < -0.3 is 10.1 Å². The minimum absolute atomic E-state index is 0.269. The molecule has 0 radical (unpaired) electrons. The summed E-state index contributed by atoms with van der Waals surface area (Å²) in [7, 11) is 1.51. The number of methoxy groups -OCH3 is 1. The van der Waals surface area contributed by atoms with Crippen molar-refractivity contribution in [3.8, 4) is 11.8 Å². The fourth-order valence-corrected chi connectivity index (χ4v) is 2.18. The van der Waals surface area contributed by atoms with Gasteiger partial charge >= 0.3 is 0 Å². The fourth-order valence-electron chi connectivity index (χ4n) is 2.00. The maximum atomic E-state index is 12.7. The molecule has 0 aliphatic rings. The predicted octanol–water partition coefficient (Wildman–Crippen LogP) is 3.43. The second-order valence-electron chi connectivity index (χ2n) is 4.63. The van der Waals surface area contributed by atoms with Crippen LogP contribution in [0.25, 0.3) is 0 Å². The van der Waals surface area contributed by atoms with E-state index in [0.29, 0.717) is 16.3 Å². The SMILES string of the molecule is COc1cccc(C(=O)c2ccc(Cl)cc2NC(=O)CC#N)c1. The molecule has 2 aromatic rings. The Bertz CT molecular complexity index is 797. The quantitative estimate of drug-likeness (QED) is 0.853. The number of nitrogens with zero attached hydrogens (tertiary/aromatic N) is 1. The van der Waals surface area contributed by atoms with E-state index in [0.717, 1.165) is 0 Å². The molecular weight excluding hydrogens is 316 g/mol. The summed E-state index contributed by atoms with van der Waals surface area (Å²) in [6.45, 7) is 0. The normalized spacial score (nSPS) is 9.78. The third-order valence-electron chi connectivity index (χ3n) is 3.07. The van der Waals surface area contributed by atoms with Crippen LogP contribution in [0, 0.1) is 11.3 Å². The number of rotatable bonds is 5. The van der Waals surface area contributed by atoms with E-state index in [-0.39, 0.29) is 23.5 Å². The molecule has 0 atom stereocenters. The van der Waals surface area contributed by atoms with Crippen LogP contribution in [-0.4, -0.2) is 18.8 Å². The summed E-state index contributed by atoms with van der Waals surface area (Å²) in [5.74, 6) is -0.234. The van der Waals surface area contributed by atoms with Gasteiger partial charge in [-0.1, -0.05) is 23.7 Å². The standard InChI is InChI=1S/C17H13ClN2O3/c1-23-13-4-2-3-11(9-13)17(22)14-6-5-12(18)10-15(14)20-16(21)7-8-19/h2-6,9-10H,7H2,1H3,(H,20,21). The Balaban J connectivity index is 2.39. The van der Waals surface area contributed by atoms with Crippen LogP contribution in [0.15, 0.2) is 42.5 Å². The zero-order valence-corrected chi connectivity index (χ0v) is 13.1. The predicted molar refractivity (Wildman–Crippen MR) is 86.7 cm³/mol. The Morgan fingerprint density at radius 3 is 2.74 bits per heavy atom. The van der Waals surface area contributed by atoms with Gasteiger partial charge in [0.05, 0.1) is 18.9 Å². The largest absolute Gasteiger partial charge is 0.497 e. The second-order valence-corrected chi connectivity index (χ2v) is 5.07. The number of amides is 1. The van der Waals surface area contributed by atoms with Crippen molar-refractivity contribution in [2.75, 3.05) is 12.4 Å². The van der Waals surface area contributed by atoms with Crippen LogP contribution in [0.1, 0.15) is 22.3 Å². The number of ether oxygens (including phenoxy) is 1. The Morgan fingerprint density at radius 1 is 1.26 bits per heavy atom. The van der Waals surface area contributed by atoms with Crippen LogP contribution in [0.2, 0.25) is 5.02 Å². The Labute approximate surface area is 138 Å². The average Bonchev–Trinajstić information content (AvgIpc) is 2.54. The van der Waals surface area contributed by atoms with Crippen molar-refractivity contribution in [1.82, 2.24) is 0 Å². The van der Waals surface area contributed by atoms with E-state index < -0.39 is 5.91 Å². The van der Waals surface area contributed by atoms with Crippen molar-refractivity contribution in [2.45, 2.75) is 6.42 Å². The number of carbonyl (C=O) groups is 2. The number of anilines is 1. The van der Waals surface area contributed by atoms with Gasteiger partial charge in [0, 0.05) is 16.1 Å². The van der Waals surface area contributed by atoms with Gasteiger partial charge in [-0.05, 0) is 30.3 Å². The molecule has 0 saturated carbocycles. The third-order valence-corrected chi connectivity index (χ3v) is 3.31. The van der Waals surface area contributed by atoms with Gasteiger partial charge in [-0.15, -0.1) is 0 Å². The molecule has 0 unspecified atom stereocenters. The molecule has 2 rings (SSSR count). The van der Waals surface area contributed by atoms with Crippen molar-refractivity contribution in [3.05, 3.63) is 58.6 Å². The Hall–Kier alpha value is -2.84. The molecule has 0 bridgehead atoms.